The van der Waals surface area contributed by atoms with Gasteiger partial charge >= 0.3 is 6.03 Å². The first-order valence-electron chi connectivity index (χ1n) is 4.58. The highest BCUT2D eigenvalue weighted by atomic mass is 16.7. The number of anilines is 1. The molecule has 0 fully saturated rings. The number of hydrogen-bond donors (Lipinski definition) is 2. The molecule has 2 N–H and O–H groups in total. The number of hydroxylamine groups is 1. The lowest BCUT2D eigenvalue weighted by Crippen LogP contribution is -2.28. The second-order valence-corrected chi connectivity index (χ2v) is 3.02. The van der Waals surface area contributed by atoms with Crippen molar-refractivity contribution in [1.82, 2.24) is 5.48 Å². The average molecular weight is 206 g/mol. The first-order chi connectivity index (χ1) is 7.22. The van der Waals surface area contributed by atoms with Crippen molar-refractivity contribution >= 4 is 11.7 Å². The Labute approximate surface area is 88.9 Å². The van der Waals surface area contributed by atoms with E-state index in [1.807, 2.05) is 31.2 Å². The van der Waals surface area contributed by atoms with Gasteiger partial charge < -0.3 is 5.32 Å². The molecule has 0 unspecified atom stereocenters. The summed E-state index contributed by atoms with van der Waals surface area (Å²) in [5.74, 6) is 0. The summed E-state index contributed by atoms with van der Waals surface area (Å²) >= 11 is 0. The number of rotatable bonds is 4. The minimum Gasteiger partial charge on any atom is -0.306 e. The predicted molar refractivity (Wildman–Crippen MR) is 59.5 cm³/mol. The van der Waals surface area contributed by atoms with E-state index in [0.717, 1.165) is 11.3 Å². The summed E-state index contributed by atoms with van der Waals surface area (Å²) in [6, 6.07) is 7.08. The van der Waals surface area contributed by atoms with Gasteiger partial charge in [0.15, 0.2) is 0 Å². The summed E-state index contributed by atoms with van der Waals surface area (Å²) in [5, 5.41) is 2.62. The zero-order chi connectivity index (χ0) is 11.1. The maximum atomic E-state index is 11.2. The quantitative estimate of drug-likeness (QED) is 0.451. The van der Waals surface area contributed by atoms with Gasteiger partial charge in [-0.05, 0) is 19.1 Å². The van der Waals surface area contributed by atoms with Crippen LogP contribution >= 0.6 is 0 Å². The monoisotopic (exact) mass is 206 g/mol. The maximum absolute atomic E-state index is 11.2. The molecule has 0 saturated heterocycles. The van der Waals surface area contributed by atoms with E-state index in [-0.39, 0.29) is 6.61 Å². The topological polar surface area (TPSA) is 50.4 Å². The number of hydrogen-bond acceptors (Lipinski definition) is 2. The highest BCUT2D eigenvalue weighted by molar-refractivity contribution is 5.88. The fourth-order valence-corrected chi connectivity index (χ4v) is 0.960. The minimum absolute atomic E-state index is 0.279. The van der Waals surface area contributed by atoms with Crippen LogP contribution in [0.15, 0.2) is 36.9 Å². The molecule has 15 heavy (non-hydrogen) atoms. The normalized spacial score (nSPS) is 9.40. The molecule has 0 aromatic heterocycles. The molecule has 1 rings (SSSR count). The van der Waals surface area contributed by atoms with Crippen LogP contribution in [0.3, 0.4) is 0 Å². The van der Waals surface area contributed by atoms with Gasteiger partial charge in [0.05, 0.1) is 6.61 Å². The van der Waals surface area contributed by atoms with E-state index in [1.54, 1.807) is 6.08 Å². The van der Waals surface area contributed by atoms with Gasteiger partial charge in [0.1, 0.15) is 0 Å². The van der Waals surface area contributed by atoms with Crippen molar-refractivity contribution in [2.45, 2.75) is 6.92 Å². The molecule has 0 aliphatic heterocycles. The van der Waals surface area contributed by atoms with E-state index < -0.39 is 6.03 Å². The van der Waals surface area contributed by atoms with E-state index in [2.05, 4.69) is 17.4 Å². The maximum Gasteiger partial charge on any atom is 0.343 e. The number of amides is 2. The Morgan fingerprint density at radius 3 is 2.73 bits per heavy atom. The number of nitrogens with one attached hydrogen (secondary N) is 2. The van der Waals surface area contributed by atoms with Crippen LogP contribution < -0.4 is 10.8 Å². The van der Waals surface area contributed by atoms with Gasteiger partial charge in [0.25, 0.3) is 0 Å². The number of benzene rings is 1. The SMILES string of the molecule is C=CCONC(=O)Nc1ccc(C)cc1. The van der Waals surface area contributed by atoms with E-state index in [1.165, 1.54) is 0 Å². The summed E-state index contributed by atoms with van der Waals surface area (Å²) in [5.41, 5.74) is 4.09. The molecular weight excluding hydrogens is 192 g/mol. The largest absolute Gasteiger partial charge is 0.343 e. The van der Waals surface area contributed by atoms with Crippen LogP contribution in [0.1, 0.15) is 5.56 Å². The van der Waals surface area contributed by atoms with Crippen molar-refractivity contribution in [1.29, 1.82) is 0 Å². The first-order valence-corrected chi connectivity index (χ1v) is 4.58. The molecule has 4 nitrogen and oxygen atoms in total. The predicted octanol–water partition coefficient (Wildman–Crippen LogP) is 2.23. The lowest BCUT2D eigenvalue weighted by Gasteiger charge is -2.06. The van der Waals surface area contributed by atoms with Crippen molar-refractivity contribution in [3.05, 3.63) is 42.5 Å². The van der Waals surface area contributed by atoms with E-state index in [4.69, 9.17) is 4.84 Å². The summed E-state index contributed by atoms with van der Waals surface area (Å²) in [6.45, 7) is 5.72. The molecule has 1 aromatic carbocycles. The van der Waals surface area contributed by atoms with Crippen molar-refractivity contribution in [2.24, 2.45) is 0 Å². The highest BCUT2D eigenvalue weighted by Gasteiger charge is 1.99. The van der Waals surface area contributed by atoms with Gasteiger partial charge in [-0.2, -0.15) is 0 Å². The van der Waals surface area contributed by atoms with Crippen LogP contribution in [-0.4, -0.2) is 12.6 Å². The molecule has 80 valence electrons. The minimum atomic E-state index is -0.402. The van der Waals surface area contributed by atoms with Gasteiger partial charge in [-0.25, -0.2) is 10.3 Å². The van der Waals surface area contributed by atoms with Crippen molar-refractivity contribution in [3.8, 4) is 0 Å². The molecule has 0 bridgehead atoms. The molecule has 0 radical (unpaired) electrons. The Morgan fingerprint density at radius 1 is 1.47 bits per heavy atom. The molecule has 0 spiro atoms. The molecule has 0 aliphatic carbocycles. The standard InChI is InChI=1S/C11H14N2O2/c1-3-8-15-13-11(14)12-10-6-4-9(2)5-7-10/h3-7H,1,8H2,2H3,(H2,12,13,14). The van der Waals surface area contributed by atoms with Crippen molar-refractivity contribution in [3.63, 3.8) is 0 Å². The molecule has 1 aromatic rings. The zero-order valence-electron chi connectivity index (χ0n) is 8.62. The third-order valence-electron chi connectivity index (χ3n) is 1.68. The summed E-state index contributed by atoms with van der Waals surface area (Å²) < 4.78 is 0. The van der Waals surface area contributed by atoms with E-state index in [9.17, 15) is 4.79 Å². The number of aryl methyl sites for hydroxylation is 1. The summed E-state index contributed by atoms with van der Waals surface area (Å²) in [4.78, 5) is 16.0. The van der Waals surface area contributed by atoms with Crippen LogP contribution in [0.25, 0.3) is 0 Å². The Kier molecular flexibility index (Phi) is 4.37. The smallest absolute Gasteiger partial charge is 0.306 e. The van der Waals surface area contributed by atoms with Gasteiger partial charge in [-0.1, -0.05) is 23.8 Å². The number of carbonyl (C=O) groups excluding carboxylic acids is 1. The number of urea groups is 1. The molecule has 2 amide bonds. The van der Waals surface area contributed by atoms with Gasteiger partial charge in [0.2, 0.25) is 0 Å². The second-order valence-electron chi connectivity index (χ2n) is 3.02. The third-order valence-corrected chi connectivity index (χ3v) is 1.68. The van der Waals surface area contributed by atoms with Crippen LogP contribution in [0.4, 0.5) is 10.5 Å². The van der Waals surface area contributed by atoms with Gasteiger partial charge in [-0.3, -0.25) is 4.84 Å². The Morgan fingerprint density at radius 2 is 2.13 bits per heavy atom. The molecule has 4 heteroatoms. The molecule has 0 aliphatic rings. The van der Waals surface area contributed by atoms with Crippen molar-refractivity contribution in [2.75, 3.05) is 11.9 Å². The Hall–Kier alpha value is -1.81. The lowest BCUT2D eigenvalue weighted by molar-refractivity contribution is 0.0872. The number of carbonyl (C=O) groups is 1. The second kappa shape index (κ2) is 5.82. The fourth-order valence-electron chi connectivity index (χ4n) is 0.960. The highest BCUT2D eigenvalue weighted by Crippen LogP contribution is 2.07. The molecule has 0 saturated carbocycles. The van der Waals surface area contributed by atoms with E-state index >= 15 is 0 Å². The van der Waals surface area contributed by atoms with Crippen LogP contribution in [0.5, 0.6) is 0 Å². The van der Waals surface area contributed by atoms with Crippen LogP contribution in [0.2, 0.25) is 0 Å². The molecular formula is C11H14N2O2. The average Bonchev–Trinajstić information content (AvgIpc) is 2.22. The van der Waals surface area contributed by atoms with Crippen molar-refractivity contribution < 1.29 is 9.63 Å². The van der Waals surface area contributed by atoms with Crippen LogP contribution in [0, 0.1) is 6.92 Å². The molecule has 0 atom stereocenters. The molecule has 0 heterocycles. The fraction of sp³-hybridized carbons (Fsp3) is 0.182. The van der Waals surface area contributed by atoms with Gasteiger partial charge in [0, 0.05) is 5.69 Å². The Bertz CT molecular complexity index is 333. The lowest BCUT2D eigenvalue weighted by atomic mass is 10.2. The van der Waals surface area contributed by atoms with Crippen LogP contribution in [-0.2, 0) is 4.84 Å². The third kappa shape index (κ3) is 4.28. The zero-order valence-corrected chi connectivity index (χ0v) is 8.62. The Balaban J connectivity index is 2.37. The summed E-state index contributed by atoms with van der Waals surface area (Å²) in [6.07, 6.45) is 1.55. The summed E-state index contributed by atoms with van der Waals surface area (Å²) in [7, 11) is 0. The van der Waals surface area contributed by atoms with Gasteiger partial charge in [-0.15, -0.1) is 6.58 Å². The van der Waals surface area contributed by atoms with E-state index in [0.29, 0.717) is 0 Å². The first kappa shape index (κ1) is 11.3.